The molecule has 4 nitrogen and oxygen atoms in total. The number of aliphatic imine (C=N–C) groups is 1. The lowest BCUT2D eigenvalue weighted by Gasteiger charge is -2.08. The van der Waals surface area contributed by atoms with Gasteiger partial charge in [0.25, 0.3) is 0 Å². The highest BCUT2D eigenvalue weighted by Gasteiger charge is 2.61. The molecule has 17 heavy (non-hydrogen) atoms. The van der Waals surface area contributed by atoms with Crippen molar-refractivity contribution in [3.8, 4) is 0 Å². The van der Waals surface area contributed by atoms with Crippen LogP contribution in [0.25, 0.3) is 0 Å². The summed E-state index contributed by atoms with van der Waals surface area (Å²) >= 11 is 0. The van der Waals surface area contributed by atoms with Crippen LogP contribution in [0.3, 0.4) is 0 Å². The summed E-state index contributed by atoms with van der Waals surface area (Å²) in [4.78, 5) is 15.5. The molecule has 2 saturated carbocycles. The van der Waals surface area contributed by atoms with E-state index < -0.39 is 0 Å². The van der Waals surface area contributed by atoms with Crippen molar-refractivity contribution in [3.05, 3.63) is 23.8 Å². The van der Waals surface area contributed by atoms with E-state index in [1.165, 1.54) is 0 Å². The van der Waals surface area contributed by atoms with Crippen molar-refractivity contribution in [1.82, 2.24) is 0 Å². The number of hydrogen-bond acceptors (Lipinski definition) is 3. The Balaban J connectivity index is 2.02. The summed E-state index contributed by atoms with van der Waals surface area (Å²) in [7, 11) is 1.66. The highest BCUT2D eigenvalue weighted by atomic mass is 16.5. The second kappa shape index (κ2) is 4.35. The molecule has 3 atom stereocenters. The molecule has 3 unspecified atom stereocenters. The molecule has 0 spiro atoms. The van der Waals surface area contributed by atoms with Gasteiger partial charge in [-0.3, -0.25) is 9.79 Å². The summed E-state index contributed by atoms with van der Waals surface area (Å²) in [6.07, 6.45) is 2.72. The summed E-state index contributed by atoms with van der Waals surface area (Å²) < 4.78 is 5.04. The third-order valence-electron chi connectivity index (χ3n) is 3.58. The first-order valence-electron chi connectivity index (χ1n) is 5.88. The quantitative estimate of drug-likeness (QED) is 0.454. The monoisotopic (exact) mass is 234 g/mol. The van der Waals surface area contributed by atoms with E-state index in [1.54, 1.807) is 7.05 Å². The maximum absolute atomic E-state index is 11.6. The zero-order valence-electron chi connectivity index (χ0n) is 10.3. The van der Waals surface area contributed by atoms with Crippen LogP contribution in [0.5, 0.6) is 0 Å². The second-order valence-electron chi connectivity index (χ2n) is 4.51. The molecule has 0 amide bonds. The molecule has 0 bridgehead atoms. The Morgan fingerprint density at radius 2 is 2.41 bits per heavy atom. The predicted molar refractivity (Wildman–Crippen MR) is 66.5 cm³/mol. The van der Waals surface area contributed by atoms with Gasteiger partial charge in [0.2, 0.25) is 0 Å². The zero-order chi connectivity index (χ0) is 12.6. The molecule has 92 valence electrons. The SMILES string of the molecule is C=C1/C(=C\C(N)=NC)CC2C1C2C(=O)OCC. The van der Waals surface area contributed by atoms with Crippen molar-refractivity contribution >= 4 is 11.8 Å². The molecule has 0 radical (unpaired) electrons. The van der Waals surface area contributed by atoms with E-state index in [-0.39, 0.29) is 17.8 Å². The van der Waals surface area contributed by atoms with Crippen LogP contribution in [0.15, 0.2) is 28.8 Å². The lowest BCUT2D eigenvalue weighted by molar-refractivity contribution is -0.145. The Morgan fingerprint density at radius 1 is 1.71 bits per heavy atom. The zero-order valence-corrected chi connectivity index (χ0v) is 10.3. The molecular formula is C13H18N2O2. The molecule has 0 aromatic heterocycles. The highest BCUT2D eigenvalue weighted by Crippen LogP contribution is 2.62. The van der Waals surface area contributed by atoms with E-state index in [9.17, 15) is 4.79 Å². The van der Waals surface area contributed by atoms with Crippen molar-refractivity contribution in [3.63, 3.8) is 0 Å². The normalized spacial score (nSPS) is 33.8. The van der Waals surface area contributed by atoms with Gasteiger partial charge in [0.1, 0.15) is 5.84 Å². The van der Waals surface area contributed by atoms with Crippen LogP contribution in [0, 0.1) is 17.8 Å². The molecule has 0 heterocycles. The first-order valence-corrected chi connectivity index (χ1v) is 5.88. The predicted octanol–water partition coefficient (Wildman–Crippen LogP) is 1.28. The number of ether oxygens (including phenoxy) is 1. The minimum Gasteiger partial charge on any atom is -0.466 e. The van der Waals surface area contributed by atoms with Crippen LogP contribution in [0.4, 0.5) is 0 Å². The Bertz CT molecular complexity index is 423. The molecule has 2 N–H and O–H groups in total. The fourth-order valence-corrected chi connectivity index (χ4v) is 2.66. The maximum atomic E-state index is 11.6. The Morgan fingerprint density at radius 3 is 2.88 bits per heavy atom. The standard InChI is InChI=1S/C13H18N2O2/c1-4-17-13(16)12-9-5-8(6-10(14)15-3)7(2)11(9)12/h6,9,11-12H,2,4-5H2,1,3H3,(H2,14,15)/b8-6-. The van der Waals surface area contributed by atoms with Crippen LogP contribution in [-0.4, -0.2) is 25.5 Å². The number of amidine groups is 1. The van der Waals surface area contributed by atoms with Crippen molar-refractivity contribution in [2.75, 3.05) is 13.7 Å². The van der Waals surface area contributed by atoms with Gasteiger partial charge in [0.05, 0.1) is 12.5 Å². The van der Waals surface area contributed by atoms with Gasteiger partial charge < -0.3 is 10.5 Å². The Hall–Kier alpha value is -1.58. The summed E-state index contributed by atoms with van der Waals surface area (Å²) in [6, 6.07) is 0. The van der Waals surface area contributed by atoms with Gasteiger partial charge in [-0.1, -0.05) is 6.58 Å². The van der Waals surface area contributed by atoms with Crippen LogP contribution >= 0.6 is 0 Å². The summed E-state index contributed by atoms with van der Waals surface area (Å²) in [6.45, 7) is 6.32. The third kappa shape index (κ3) is 1.99. The van der Waals surface area contributed by atoms with Gasteiger partial charge in [-0.15, -0.1) is 0 Å². The fourth-order valence-electron chi connectivity index (χ4n) is 2.66. The van der Waals surface area contributed by atoms with E-state index in [1.807, 2.05) is 13.0 Å². The average Bonchev–Trinajstić information content (AvgIpc) is 2.93. The molecule has 0 aromatic carbocycles. The number of nitrogens with zero attached hydrogens (tertiary/aromatic N) is 1. The van der Waals surface area contributed by atoms with Crippen molar-refractivity contribution in [2.24, 2.45) is 28.5 Å². The number of carbonyl (C=O) groups is 1. The van der Waals surface area contributed by atoms with Crippen molar-refractivity contribution in [2.45, 2.75) is 13.3 Å². The number of nitrogens with two attached hydrogens (primary N) is 1. The largest absolute Gasteiger partial charge is 0.466 e. The first-order chi connectivity index (χ1) is 8.10. The third-order valence-corrected chi connectivity index (χ3v) is 3.58. The minimum absolute atomic E-state index is 0.0272. The number of allylic oxidation sites excluding steroid dienone is 2. The average molecular weight is 234 g/mol. The Labute approximate surface area is 101 Å². The lowest BCUT2D eigenvalue weighted by Crippen LogP contribution is -2.12. The number of rotatable bonds is 3. The molecule has 2 rings (SSSR count). The molecule has 0 aliphatic heterocycles. The van der Waals surface area contributed by atoms with Crippen LogP contribution in [-0.2, 0) is 9.53 Å². The molecule has 2 aliphatic carbocycles. The molecule has 0 aromatic rings. The van der Waals surface area contributed by atoms with Gasteiger partial charge in [0.15, 0.2) is 0 Å². The summed E-state index contributed by atoms with van der Waals surface area (Å²) in [5.74, 6) is 1.09. The number of carbonyl (C=O) groups excluding carboxylic acids is 1. The smallest absolute Gasteiger partial charge is 0.309 e. The lowest BCUT2D eigenvalue weighted by atomic mass is 10.0. The van der Waals surface area contributed by atoms with E-state index in [0.717, 1.165) is 17.6 Å². The molecule has 2 fully saturated rings. The van der Waals surface area contributed by atoms with E-state index in [4.69, 9.17) is 10.5 Å². The van der Waals surface area contributed by atoms with Gasteiger partial charge in [-0.05, 0) is 36.5 Å². The van der Waals surface area contributed by atoms with Gasteiger partial charge in [0, 0.05) is 13.0 Å². The first kappa shape index (κ1) is 11.9. The molecule has 4 heteroatoms. The molecule has 0 saturated heterocycles. The Kier molecular flexibility index (Phi) is 3.05. The van der Waals surface area contributed by atoms with Gasteiger partial charge >= 0.3 is 5.97 Å². The summed E-state index contributed by atoms with van der Waals surface area (Å²) in [5, 5.41) is 0. The highest BCUT2D eigenvalue weighted by molar-refractivity contribution is 5.93. The van der Waals surface area contributed by atoms with Crippen LogP contribution in [0.2, 0.25) is 0 Å². The number of fused-ring (bicyclic) bond motifs is 1. The summed E-state index contributed by atoms with van der Waals surface area (Å²) in [5.41, 5.74) is 7.81. The fraction of sp³-hybridized carbons (Fsp3) is 0.538. The maximum Gasteiger partial charge on any atom is 0.309 e. The van der Waals surface area contributed by atoms with Gasteiger partial charge in [-0.25, -0.2) is 0 Å². The topological polar surface area (TPSA) is 64.7 Å². The van der Waals surface area contributed by atoms with Crippen LogP contribution in [0.1, 0.15) is 13.3 Å². The van der Waals surface area contributed by atoms with E-state index in [2.05, 4.69) is 11.6 Å². The van der Waals surface area contributed by atoms with Crippen molar-refractivity contribution < 1.29 is 9.53 Å². The number of hydrogen-bond donors (Lipinski definition) is 1. The van der Waals surface area contributed by atoms with E-state index >= 15 is 0 Å². The number of esters is 1. The second-order valence-corrected chi connectivity index (χ2v) is 4.51. The van der Waals surface area contributed by atoms with Crippen molar-refractivity contribution in [1.29, 1.82) is 0 Å². The van der Waals surface area contributed by atoms with Crippen LogP contribution < -0.4 is 5.73 Å². The van der Waals surface area contributed by atoms with E-state index in [0.29, 0.717) is 18.4 Å². The van der Waals surface area contributed by atoms with Gasteiger partial charge in [-0.2, -0.15) is 0 Å². The molecular weight excluding hydrogens is 216 g/mol. The minimum atomic E-state index is -0.0835. The molecule has 2 aliphatic rings.